The number of hydrogen-bond donors (Lipinski definition) is 2. The minimum Gasteiger partial charge on any atom is -0.508 e. The molecule has 23 heavy (non-hydrogen) atoms. The maximum atomic E-state index is 12.2. The van der Waals surface area contributed by atoms with Crippen molar-refractivity contribution in [1.82, 2.24) is 0 Å². The number of fused-ring (bicyclic) bond motifs is 2. The summed E-state index contributed by atoms with van der Waals surface area (Å²) in [5.74, 6) is 0.973. The molecule has 1 amide bonds. The van der Waals surface area contributed by atoms with Crippen LogP contribution in [0.15, 0.2) is 46.9 Å². The van der Waals surface area contributed by atoms with E-state index in [1.807, 2.05) is 30.3 Å². The third-order valence-electron chi connectivity index (χ3n) is 4.46. The molecule has 0 spiro atoms. The zero-order valence-electron chi connectivity index (χ0n) is 12.8. The van der Waals surface area contributed by atoms with E-state index in [4.69, 9.17) is 4.42 Å². The molecule has 0 bridgehead atoms. The monoisotopic (exact) mass is 307 g/mol. The molecule has 0 saturated heterocycles. The summed E-state index contributed by atoms with van der Waals surface area (Å²) < 4.78 is 5.99. The van der Waals surface area contributed by atoms with Gasteiger partial charge in [0, 0.05) is 41.5 Å². The molecule has 0 saturated carbocycles. The first kappa shape index (κ1) is 13.9. The lowest BCUT2D eigenvalue weighted by Gasteiger charge is -2.26. The Morgan fingerprint density at radius 2 is 2.09 bits per heavy atom. The van der Waals surface area contributed by atoms with E-state index in [1.54, 1.807) is 12.1 Å². The van der Waals surface area contributed by atoms with E-state index in [-0.39, 0.29) is 17.6 Å². The average Bonchev–Trinajstić information content (AvgIpc) is 2.92. The van der Waals surface area contributed by atoms with Gasteiger partial charge in [-0.2, -0.15) is 0 Å². The Balaban J connectivity index is 1.96. The van der Waals surface area contributed by atoms with Gasteiger partial charge in [-0.15, -0.1) is 0 Å². The highest BCUT2D eigenvalue weighted by Crippen LogP contribution is 2.43. The van der Waals surface area contributed by atoms with Crippen LogP contribution in [0.25, 0.3) is 11.0 Å². The van der Waals surface area contributed by atoms with Crippen LogP contribution in [0.2, 0.25) is 0 Å². The number of aromatic hydroxyl groups is 1. The van der Waals surface area contributed by atoms with Crippen LogP contribution in [0.5, 0.6) is 5.75 Å². The zero-order valence-corrected chi connectivity index (χ0v) is 12.8. The molecule has 2 heterocycles. The van der Waals surface area contributed by atoms with Gasteiger partial charge in [0.1, 0.15) is 17.1 Å². The van der Waals surface area contributed by atoms with Gasteiger partial charge in [0.25, 0.3) is 0 Å². The fraction of sp³-hybridized carbons (Fsp3) is 0.211. The van der Waals surface area contributed by atoms with Crippen molar-refractivity contribution in [2.75, 3.05) is 5.32 Å². The van der Waals surface area contributed by atoms with E-state index in [9.17, 15) is 9.90 Å². The number of carbonyl (C=O) groups is 1. The van der Waals surface area contributed by atoms with E-state index >= 15 is 0 Å². The molecular formula is C19H17NO3. The lowest BCUT2D eigenvalue weighted by Crippen LogP contribution is -2.23. The number of carbonyl (C=O) groups excluding carboxylic acids is 1. The Morgan fingerprint density at radius 1 is 1.26 bits per heavy atom. The van der Waals surface area contributed by atoms with E-state index in [1.165, 1.54) is 0 Å². The molecule has 1 aromatic heterocycles. The first-order chi connectivity index (χ1) is 11.2. The number of nitrogens with one attached hydrogen (secondary N) is 1. The second kappa shape index (κ2) is 5.16. The highest BCUT2D eigenvalue weighted by Gasteiger charge is 2.31. The predicted molar refractivity (Wildman–Crippen MR) is 88.8 cm³/mol. The summed E-state index contributed by atoms with van der Waals surface area (Å²) in [4.78, 5) is 12.2. The lowest BCUT2D eigenvalue weighted by atomic mass is 9.83. The predicted octanol–water partition coefficient (Wildman–Crippen LogP) is 4.17. The van der Waals surface area contributed by atoms with Gasteiger partial charge in [-0.25, -0.2) is 0 Å². The minimum absolute atomic E-state index is 0.0413. The number of para-hydroxylation sites is 1. The van der Waals surface area contributed by atoms with Crippen molar-refractivity contribution >= 4 is 22.6 Å². The largest absolute Gasteiger partial charge is 0.508 e. The van der Waals surface area contributed by atoms with Crippen molar-refractivity contribution in [3.05, 3.63) is 59.4 Å². The van der Waals surface area contributed by atoms with Gasteiger partial charge >= 0.3 is 0 Å². The number of anilines is 1. The fourth-order valence-electron chi connectivity index (χ4n) is 3.47. The molecule has 4 heteroatoms. The maximum Gasteiger partial charge on any atom is 0.225 e. The molecule has 2 N–H and O–H groups in total. The second-order valence-electron chi connectivity index (χ2n) is 5.87. The lowest BCUT2D eigenvalue weighted by molar-refractivity contribution is -0.116. The maximum absolute atomic E-state index is 12.2. The zero-order chi connectivity index (χ0) is 16.0. The number of rotatable bonds is 2. The number of amides is 1. The Morgan fingerprint density at radius 3 is 2.91 bits per heavy atom. The van der Waals surface area contributed by atoms with Gasteiger partial charge < -0.3 is 14.8 Å². The Labute approximate surface area is 133 Å². The molecule has 4 rings (SSSR count). The van der Waals surface area contributed by atoms with Gasteiger partial charge in [0.2, 0.25) is 5.91 Å². The molecule has 3 aromatic rings. The van der Waals surface area contributed by atoms with Crippen LogP contribution in [0.4, 0.5) is 5.69 Å². The summed E-state index contributed by atoms with van der Waals surface area (Å²) in [7, 11) is 0. The molecule has 1 aliphatic rings. The van der Waals surface area contributed by atoms with Crippen LogP contribution >= 0.6 is 0 Å². The Kier molecular flexibility index (Phi) is 3.11. The Bertz CT molecular complexity index is 910. The van der Waals surface area contributed by atoms with E-state index < -0.39 is 0 Å². The van der Waals surface area contributed by atoms with Crippen LogP contribution in [0.3, 0.4) is 0 Å². The average molecular weight is 307 g/mol. The van der Waals surface area contributed by atoms with Crippen molar-refractivity contribution in [3.63, 3.8) is 0 Å². The fourth-order valence-corrected chi connectivity index (χ4v) is 3.47. The van der Waals surface area contributed by atoms with E-state index in [2.05, 4.69) is 12.2 Å². The number of aryl methyl sites for hydroxylation is 1. The van der Waals surface area contributed by atoms with Gasteiger partial charge in [-0.05, 0) is 17.7 Å². The molecule has 0 aliphatic carbocycles. The molecule has 1 aliphatic heterocycles. The summed E-state index contributed by atoms with van der Waals surface area (Å²) in [6.07, 6.45) is 1.16. The number of phenolic OH excluding ortho intramolecular Hbond substituents is 1. The van der Waals surface area contributed by atoms with Crippen LogP contribution in [-0.2, 0) is 11.2 Å². The van der Waals surface area contributed by atoms with Gasteiger partial charge in [-0.3, -0.25) is 4.79 Å². The molecule has 1 unspecified atom stereocenters. The smallest absolute Gasteiger partial charge is 0.225 e. The highest BCUT2D eigenvalue weighted by atomic mass is 16.3. The van der Waals surface area contributed by atoms with E-state index in [0.717, 1.165) is 34.3 Å². The van der Waals surface area contributed by atoms with Gasteiger partial charge in [0.15, 0.2) is 0 Å². The summed E-state index contributed by atoms with van der Waals surface area (Å²) >= 11 is 0. The molecule has 1 atom stereocenters. The van der Waals surface area contributed by atoms with Crippen molar-refractivity contribution < 1.29 is 14.3 Å². The second-order valence-corrected chi connectivity index (χ2v) is 5.87. The normalized spacial score (nSPS) is 17.1. The molecule has 116 valence electrons. The standard InChI is InChI=1S/C19H17NO3/c1-2-16-19(13-5-3-4-6-17(13)23-16)14-10-18(22)20-15-9-11(21)7-8-12(14)15/h3-9,14,21H,2,10H2,1H3,(H,20,22). The van der Waals surface area contributed by atoms with Crippen molar-refractivity contribution in [3.8, 4) is 5.75 Å². The summed E-state index contributed by atoms with van der Waals surface area (Å²) in [5.41, 5.74) is 3.64. The number of phenols is 1. The van der Waals surface area contributed by atoms with E-state index in [0.29, 0.717) is 12.1 Å². The summed E-state index contributed by atoms with van der Waals surface area (Å²) in [6, 6.07) is 13.1. The van der Waals surface area contributed by atoms with Crippen LogP contribution in [0, 0.1) is 0 Å². The molecule has 4 nitrogen and oxygen atoms in total. The van der Waals surface area contributed by atoms with Gasteiger partial charge in [-0.1, -0.05) is 31.2 Å². The highest BCUT2D eigenvalue weighted by molar-refractivity contribution is 5.97. The van der Waals surface area contributed by atoms with Crippen LogP contribution < -0.4 is 5.32 Å². The third kappa shape index (κ3) is 2.18. The molecular weight excluding hydrogens is 290 g/mol. The number of benzene rings is 2. The van der Waals surface area contributed by atoms with Gasteiger partial charge in [0.05, 0.1) is 0 Å². The van der Waals surface area contributed by atoms with Crippen LogP contribution in [0.1, 0.15) is 36.1 Å². The number of furan rings is 1. The first-order valence-electron chi connectivity index (χ1n) is 7.80. The first-order valence-corrected chi connectivity index (χ1v) is 7.80. The molecule has 2 aromatic carbocycles. The number of hydrogen-bond acceptors (Lipinski definition) is 3. The molecule has 0 radical (unpaired) electrons. The van der Waals surface area contributed by atoms with Crippen molar-refractivity contribution in [2.45, 2.75) is 25.7 Å². The van der Waals surface area contributed by atoms with Crippen molar-refractivity contribution in [2.24, 2.45) is 0 Å². The summed E-state index contributed by atoms with van der Waals surface area (Å²) in [5, 5.41) is 13.6. The Hall–Kier alpha value is -2.75. The quantitative estimate of drug-likeness (QED) is 0.746. The van der Waals surface area contributed by atoms with Crippen molar-refractivity contribution in [1.29, 1.82) is 0 Å². The SMILES string of the molecule is CCc1oc2ccccc2c1C1CC(=O)Nc2cc(O)ccc21. The topological polar surface area (TPSA) is 62.5 Å². The summed E-state index contributed by atoms with van der Waals surface area (Å²) in [6.45, 7) is 2.06. The molecule has 0 fully saturated rings. The minimum atomic E-state index is -0.0575. The van der Waals surface area contributed by atoms with Crippen LogP contribution in [-0.4, -0.2) is 11.0 Å². The third-order valence-corrected chi connectivity index (χ3v) is 4.46.